The second-order valence-electron chi connectivity index (χ2n) is 6.05. The second kappa shape index (κ2) is 5.85. The molecule has 0 bridgehead atoms. The lowest BCUT2D eigenvalue weighted by atomic mass is 9.94. The molecule has 0 radical (unpaired) electrons. The largest absolute Gasteiger partial charge is 0.453 e. The Hall–Kier alpha value is -1.94. The number of aryl methyl sites for hydroxylation is 1. The molecule has 10 heteroatoms. The fourth-order valence-electron chi connectivity index (χ4n) is 2.65. The zero-order chi connectivity index (χ0) is 17.5. The minimum Gasteiger partial charge on any atom is -0.388 e. The van der Waals surface area contributed by atoms with E-state index in [0.29, 0.717) is 41.7 Å². The first-order chi connectivity index (χ1) is 11.2. The van der Waals surface area contributed by atoms with Gasteiger partial charge in [-0.05, 0) is 19.4 Å². The number of ether oxygens (including phenoxy) is 1. The van der Waals surface area contributed by atoms with Crippen LogP contribution in [0, 0.1) is 13.8 Å². The summed E-state index contributed by atoms with van der Waals surface area (Å²) in [5, 5.41) is 24.2. The summed E-state index contributed by atoms with van der Waals surface area (Å²) in [5.41, 5.74) is 0.318. The van der Waals surface area contributed by atoms with Crippen molar-refractivity contribution in [2.45, 2.75) is 38.5 Å². The molecule has 0 amide bonds. The van der Waals surface area contributed by atoms with Crippen molar-refractivity contribution in [3.05, 3.63) is 17.0 Å². The maximum Gasteiger partial charge on any atom is 0.453 e. The van der Waals surface area contributed by atoms with Crippen LogP contribution in [0.5, 0.6) is 0 Å². The molecule has 0 atom stereocenters. The molecule has 7 nitrogen and oxygen atoms in total. The number of fused-ring (bicyclic) bond motifs is 1. The summed E-state index contributed by atoms with van der Waals surface area (Å²) >= 11 is 0. The lowest BCUT2D eigenvalue weighted by Gasteiger charge is -2.32. The molecule has 0 spiro atoms. The van der Waals surface area contributed by atoms with Crippen molar-refractivity contribution in [2.75, 3.05) is 25.1 Å². The van der Waals surface area contributed by atoms with E-state index in [4.69, 9.17) is 4.74 Å². The van der Waals surface area contributed by atoms with Crippen LogP contribution in [0.2, 0.25) is 0 Å². The normalized spacial score (nSPS) is 18.1. The fraction of sp³-hybridized carbons (Fsp3) is 0.643. The van der Waals surface area contributed by atoms with Crippen molar-refractivity contribution in [2.24, 2.45) is 0 Å². The molecule has 1 fully saturated rings. The monoisotopic (exact) mass is 345 g/mol. The molecule has 3 rings (SSSR count). The number of alkyl halides is 3. The predicted molar refractivity (Wildman–Crippen MR) is 78.8 cm³/mol. The lowest BCUT2D eigenvalue weighted by Crippen LogP contribution is -2.42. The van der Waals surface area contributed by atoms with Crippen molar-refractivity contribution in [3.8, 4) is 0 Å². The number of aromatic nitrogens is 4. The first-order valence-corrected chi connectivity index (χ1v) is 7.55. The number of nitrogens with one attached hydrogen (secondary N) is 1. The molecule has 3 heterocycles. The quantitative estimate of drug-likeness (QED) is 0.881. The van der Waals surface area contributed by atoms with Gasteiger partial charge in [-0.15, -0.1) is 15.3 Å². The Labute approximate surface area is 135 Å². The average molecular weight is 345 g/mol. The summed E-state index contributed by atoms with van der Waals surface area (Å²) in [5.74, 6) is -0.904. The predicted octanol–water partition coefficient (Wildman–Crippen LogP) is 1.71. The van der Waals surface area contributed by atoms with Crippen LogP contribution in [-0.4, -0.2) is 50.3 Å². The van der Waals surface area contributed by atoms with Crippen molar-refractivity contribution >= 4 is 11.5 Å². The minimum absolute atomic E-state index is 0.0650. The van der Waals surface area contributed by atoms with Gasteiger partial charge in [-0.25, -0.2) is 0 Å². The van der Waals surface area contributed by atoms with Gasteiger partial charge in [-0.1, -0.05) is 0 Å². The summed E-state index contributed by atoms with van der Waals surface area (Å²) in [6, 6.07) is 0. The van der Waals surface area contributed by atoms with E-state index in [0.717, 1.165) is 0 Å². The molecule has 24 heavy (non-hydrogen) atoms. The first-order valence-electron chi connectivity index (χ1n) is 7.55. The van der Waals surface area contributed by atoms with Gasteiger partial charge < -0.3 is 15.2 Å². The Kier molecular flexibility index (Phi) is 4.12. The summed E-state index contributed by atoms with van der Waals surface area (Å²) < 4.78 is 44.9. The van der Waals surface area contributed by atoms with E-state index in [1.807, 2.05) is 0 Å². The number of anilines is 1. The zero-order valence-electron chi connectivity index (χ0n) is 13.3. The standard InChI is InChI=1S/C14H18F3N5O2/c1-8-9(2)11-19-20-12(14(15,16)17)22(11)21-10(8)18-7-13(23)3-5-24-6-4-13/h23H,3-7H2,1-2H3,(H,18,21). The first kappa shape index (κ1) is 16.9. The van der Waals surface area contributed by atoms with E-state index in [-0.39, 0.29) is 18.0 Å². The van der Waals surface area contributed by atoms with Crippen molar-refractivity contribution in [3.63, 3.8) is 0 Å². The highest BCUT2D eigenvalue weighted by Crippen LogP contribution is 2.30. The fourth-order valence-corrected chi connectivity index (χ4v) is 2.65. The number of nitrogens with zero attached hydrogens (tertiary/aromatic N) is 4. The zero-order valence-corrected chi connectivity index (χ0v) is 13.3. The average Bonchev–Trinajstić information content (AvgIpc) is 2.94. The molecule has 0 unspecified atom stereocenters. The van der Waals surface area contributed by atoms with Gasteiger partial charge in [0.1, 0.15) is 5.82 Å². The summed E-state index contributed by atoms with van der Waals surface area (Å²) in [6.07, 6.45) is -3.73. The summed E-state index contributed by atoms with van der Waals surface area (Å²) in [6.45, 7) is 4.48. The van der Waals surface area contributed by atoms with Gasteiger partial charge in [0.2, 0.25) is 0 Å². The van der Waals surface area contributed by atoms with Crippen LogP contribution in [0.15, 0.2) is 0 Å². The van der Waals surface area contributed by atoms with Gasteiger partial charge in [-0.3, -0.25) is 0 Å². The smallest absolute Gasteiger partial charge is 0.388 e. The maximum absolute atomic E-state index is 13.0. The summed E-state index contributed by atoms with van der Waals surface area (Å²) in [4.78, 5) is 0. The van der Waals surface area contributed by atoms with Crippen molar-refractivity contribution < 1.29 is 23.0 Å². The molecule has 2 aromatic heterocycles. The second-order valence-corrected chi connectivity index (χ2v) is 6.05. The van der Waals surface area contributed by atoms with Crippen molar-refractivity contribution in [1.29, 1.82) is 0 Å². The summed E-state index contributed by atoms with van der Waals surface area (Å²) in [7, 11) is 0. The topological polar surface area (TPSA) is 84.6 Å². The number of hydrogen-bond acceptors (Lipinski definition) is 6. The molecule has 1 aliphatic heterocycles. The Morgan fingerprint density at radius 1 is 1.21 bits per heavy atom. The third-order valence-electron chi connectivity index (χ3n) is 4.36. The highest BCUT2D eigenvalue weighted by Gasteiger charge is 2.38. The Bertz CT molecular complexity index is 753. The van der Waals surface area contributed by atoms with Gasteiger partial charge in [0, 0.05) is 38.2 Å². The van der Waals surface area contributed by atoms with Crippen LogP contribution in [0.3, 0.4) is 0 Å². The minimum atomic E-state index is -4.65. The van der Waals surface area contributed by atoms with Gasteiger partial charge >= 0.3 is 6.18 Å². The molecule has 0 saturated carbocycles. The van der Waals surface area contributed by atoms with Gasteiger partial charge in [-0.2, -0.15) is 17.7 Å². The molecule has 2 N–H and O–H groups in total. The van der Waals surface area contributed by atoms with E-state index in [1.165, 1.54) is 0 Å². The third kappa shape index (κ3) is 3.03. The highest BCUT2D eigenvalue weighted by molar-refractivity contribution is 5.58. The van der Waals surface area contributed by atoms with E-state index in [2.05, 4.69) is 20.6 Å². The molecule has 0 aromatic carbocycles. The molecule has 0 aliphatic carbocycles. The van der Waals surface area contributed by atoms with Crippen LogP contribution in [-0.2, 0) is 10.9 Å². The lowest BCUT2D eigenvalue weighted by molar-refractivity contribution is -0.146. The van der Waals surface area contributed by atoms with Crippen molar-refractivity contribution in [1.82, 2.24) is 19.8 Å². The Balaban J connectivity index is 1.94. The highest BCUT2D eigenvalue weighted by atomic mass is 19.4. The van der Waals surface area contributed by atoms with Crippen LogP contribution in [0.1, 0.15) is 29.8 Å². The van der Waals surface area contributed by atoms with E-state index < -0.39 is 17.6 Å². The molecule has 1 aliphatic rings. The van der Waals surface area contributed by atoms with Gasteiger partial charge in [0.25, 0.3) is 5.82 Å². The Morgan fingerprint density at radius 2 is 1.88 bits per heavy atom. The number of aliphatic hydroxyl groups is 1. The molecule has 1 saturated heterocycles. The van der Waals surface area contributed by atoms with Crippen LogP contribution in [0.25, 0.3) is 5.65 Å². The molecule has 132 valence electrons. The van der Waals surface area contributed by atoms with Crippen LogP contribution < -0.4 is 5.32 Å². The van der Waals surface area contributed by atoms with E-state index in [1.54, 1.807) is 13.8 Å². The molecule has 2 aromatic rings. The van der Waals surface area contributed by atoms with E-state index >= 15 is 0 Å². The molecular weight excluding hydrogens is 327 g/mol. The van der Waals surface area contributed by atoms with Gasteiger partial charge in [0.15, 0.2) is 5.65 Å². The van der Waals surface area contributed by atoms with Crippen LogP contribution in [0.4, 0.5) is 19.0 Å². The third-order valence-corrected chi connectivity index (χ3v) is 4.36. The maximum atomic E-state index is 13.0. The van der Waals surface area contributed by atoms with E-state index in [9.17, 15) is 18.3 Å². The number of rotatable bonds is 3. The number of hydrogen-bond donors (Lipinski definition) is 2. The number of halogens is 3. The Morgan fingerprint density at radius 3 is 2.50 bits per heavy atom. The molecular formula is C14H18F3N5O2. The van der Waals surface area contributed by atoms with Crippen LogP contribution >= 0.6 is 0 Å². The van der Waals surface area contributed by atoms with Gasteiger partial charge in [0.05, 0.1) is 5.60 Å². The SMILES string of the molecule is Cc1c(NCC2(O)CCOCC2)nn2c(C(F)(F)F)nnc2c1C.